The summed E-state index contributed by atoms with van der Waals surface area (Å²) >= 11 is 0. The van der Waals surface area contributed by atoms with Crippen LogP contribution < -0.4 is 0 Å². The predicted octanol–water partition coefficient (Wildman–Crippen LogP) is 3.89. The molecule has 6 heteroatoms. The van der Waals surface area contributed by atoms with Crippen LogP contribution in [0.3, 0.4) is 0 Å². The Balaban J connectivity index is 2.20. The average molecular weight is 338 g/mol. The third-order valence-corrected chi connectivity index (χ3v) is 8.19. The van der Waals surface area contributed by atoms with E-state index in [2.05, 4.69) is 0 Å². The maximum absolute atomic E-state index is 12.9. The molecule has 118 valence electrons. The minimum absolute atomic E-state index is 0.156. The number of benzene rings is 2. The number of sulfone groups is 1. The van der Waals surface area contributed by atoms with E-state index in [1.54, 1.807) is 42.5 Å². The van der Waals surface area contributed by atoms with Crippen LogP contribution in [0.2, 0.25) is 0 Å². The van der Waals surface area contributed by atoms with E-state index < -0.39 is 25.7 Å². The quantitative estimate of drug-likeness (QED) is 0.890. The molecule has 0 radical (unpaired) electrons. The van der Waals surface area contributed by atoms with Crippen LogP contribution >= 0.6 is 10.6 Å². The zero-order valence-electron chi connectivity index (χ0n) is 12.1. The molecule has 22 heavy (non-hydrogen) atoms. The Labute approximate surface area is 132 Å². The summed E-state index contributed by atoms with van der Waals surface area (Å²) < 4.78 is 46.5. The first kappa shape index (κ1) is 15.6. The van der Waals surface area contributed by atoms with Gasteiger partial charge in [0.25, 0.3) is 0 Å². The molecule has 1 aliphatic rings. The van der Waals surface area contributed by atoms with Crippen molar-refractivity contribution in [2.75, 3.05) is 5.75 Å². The first-order valence-electron chi connectivity index (χ1n) is 7.04. The zero-order valence-corrected chi connectivity index (χ0v) is 13.8. The van der Waals surface area contributed by atoms with Crippen LogP contribution in [-0.4, -0.2) is 23.3 Å². The highest BCUT2D eigenvalue weighted by Crippen LogP contribution is 2.62. The van der Waals surface area contributed by atoms with E-state index in [0.717, 1.165) is 5.56 Å². The van der Waals surface area contributed by atoms with Crippen molar-refractivity contribution in [3.05, 3.63) is 59.7 Å². The van der Waals surface area contributed by atoms with Crippen molar-refractivity contribution >= 4 is 20.4 Å². The topological polar surface area (TPSA) is 74.6 Å². The normalized spacial score (nSPS) is 21.3. The van der Waals surface area contributed by atoms with E-state index in [1.165, 1.54) is 0 Å². The number of hydrogen-bond donors (Lipinski definition) is 2. The summed E-state index contributed by atoms with van der Waals surface area (Å²) in [5, 5.41) is -0.897. The Morgan fingerprint density at radius 2 is 1.77 bits per heavy atom. The van der Waals surface area contributed by atoms with Gasteiger partial charge in [0.15, 0.2) is 9.84 Å². The van der Waals surface area contributed by atoms with Gasteiger partial charge in [-0.25, -0.2) is 8.42 Å². The molecule has 0 bridgehead atoms. The lowest BCUT2D eigenvalue weighted by Crippen LogP contribution is -2.16. The van der Waals surface area contributed by atoms with E-state index in [4.69, 9.17) is 0 Å². The Morgan fingerprint density at radius 1 is 1.09 bits per heavy atom. The maximum Gasteiger partial charge on any atom is 0.187 e. The molecule has 2 N–H and O–H groups in total. The molecule has 1 atom stereocenters. The van der Waals surface area contributed by atoms with Crippen molar-refractivity contribution in [3.8, 4) is 0 Å². The fraction of sp³-hybridized carbons (Fsp3) is 0.250. The maximum atomic E-state index is 12.9. The van der Waals surface area contributed by atoms with Gasteiger partial charge < -0.3 is 0 Å². The molecule has 0 aliphatic carbocycles. The molecule has 2 aromatic rings. The lowest BCUT2D eigenvalue weighted by Gasteiger charge is -2.27. The van der Waals surface area contributed by atoms with Crippen molar-refractivity contribution in [3.63, 3.8) is 0 Å². The number of fused-ring (bicyclic) bond motifs is 1. The summed E-state index contributed by atoms with van der Waals surface area (Å²) in [5.74, 6) is -0.156. The third kappa shape index (κ3) is 2.36. The summed E-state index contributed by atoms with van der Waals surface area (Å²) in [7, 11) is -6.71. The Kier molecular flexibility index (Phi) is 3.81. The second kappa shape index (κ2) is 5.38. The molecule has 0 saturated carbocycles. The first-order valence-corrected chi connectivity index (χ1v) is 10.3. The van der Waals surface area contributed by atoms with Gasteiger partial charge in [-0.1, -0.05) is 37.3 Å². The molecule has 3 rings (SSSR count). The monoisotopic (exact) mass is 338 g/mol. The minimum Gasteiger partial charge on any atom is -0.295 e. The minimum atomic E-state index is -3.65. The lowest BCUT2D eigenvalue weighted by atomic mass is 10.0. The fourth-order valence-corrected chi connectivity index (χ4v) is 7.46. The predicted molar refractivity (Wildman–Crippen MR) is 88.2 cm³/mol. The van der Waals surface area contributed by atoms with Crippen molar-refractivity contribution in [1.29, 1.82) is 0 Å². The SMILES string of the molecule is CCc1cccc2c1C(S(=O)(=O)c1ccccc1)CS2(O)O. The van der Waals surface area contributed by atoms with E-state index in [-0.39, 0.29) is 10.6 Å². The largest absolute Gasteiger partial charge is 0.295 e. The molecule has 1 aliphatic heterocycles. The first-order chi connectivity index (χ1) is 10.4. The Morgan fingerprint density at radius 3 is 2.41 bits per heavy atom. The average Bonchev–Trinajstić information content (AvgIpc) is 2.81. The van der Waals surface area contributed by atoms with Gasteiger partial charge in [-0.05, 0) is 35.7 Å². The number of aryl methyl sites for hydroxylation is 1. The molecule has 0 saturated heterocycles. The van der Waals surface area contributed by atoms with Crippen molar-refractivity contribution < 1.29 is 17.5 Å². The second-order valence-electron chi connectivity index (χ2n) is 5.36. The lowest BCUT2D eigenvalue weighted by molar-refractivity contribution is 0.491. The van der Waals surface area contributed by atoms with E-state index >= 15 is 0 Å². The molecule has 1 unspecified atom stereocenters. The second-order valence-corrected chi connectivity index (χ2v) is 9.60. The van der Waals surface area contributed by atoms with Gasteiger partial charge in [0.2, 0.25) is 0 Å². The summed E-state index contributed by atoms with van der Waals surface area (Å²) in [6.07, 6.45) is 0.652. The van der Waals surface area contributed by atoms with Crippen molar-refractivity contribution in [1.82, 2.24) is 0 Å². The van der Waals surface area contributed by atoms with Crippen LogP contribution in [0.25, 0.3) is 0 Å². The summed E-state index contributed by atoms with van der Waals surface area (Å²) in [6.45, 7) is 1.94. The van der Waals surface area contributed by atoms with Gasteiger partial charge >= 0.3 is 0 Å². The molecule has 0 fully saturated rings. The summed E-state index contributed by atoms with van der Waals surface area (Å²) in [6, 6.07) is 13.4. The highest BCUT2D eigenvalue weighted by atomic mass is 32.3. The summed E-state index contributed by atoms with van der Waals surface area (Å²) in [5.41, 5.74) is 1.44. The van der Waals surface area contributed by atoms with Gasteiger partial charge in [0.05, 0.1) is 15.5 Å². The third-order valence-electron chi connectivity index (χ3n) is 4.04. The highest BCUT2D eigenvalue weighted by molar-refractivity contribution is 8.25. The van der Waals surface area contributed by atoms with Gasteiger partial charge in [0.1, 0.15) is 5.25 Å². The smallest absolute Gasteiger partial charge is 0.187 e. The zero-order chi connectivity index (χ0) is 16.0. The van der Waals surface area contributed by atoms with E-state index in [1.807, 2.05) is 13.0 Å². The highest BCUT2D eigenvalue weighted by Gasteiger charge is 2.44. The van der Waals surface area contributed by atoms with Gasteiger partial charge in [-0.3, -0.25) is 9.11 Å². The fourth-order valence-electron chi connectivity index (χ4n) is 2.95. The van der Waals surface area contributed by atoms with Gasteiger partial charge in [0, 0.05) is 0 Å². The molecular formula is C16H18O4S2. The van der Waals surface area contributed by atoms with Gasteiger partial charge in [-0.15, -0.1) is 0 Å². The standard InChI is InChI=1S/C16H18O4S2/c1-2-12-7-6-10-14-16(12)15(11-21(14,17)18)22(19,20)13-8-4-3-5-9-13/h3-10,15,17-18H,2,11H2,1H3. The molecule has 0 amide bonds. The Bertz CT molecular complexity index is 798. The van der Waals surface area contributed by atoms with E-state index in [9.17, 15) is 17.5 Å². The molecule has 1 heterocycles. The molecule has 2 aromatic carbocycles. The Hall–Kier alpha value is -1.34. The summed E-state index contributed by atoms with van der Waals surface area (Å²) in [4.78, 5) is 0.602. The van der Waals surface area contributed by atoms with Crippen molar-refractivity contribution in [2.45, 2.75) is 28.4 Å². The number of hydrogen-bond acceptors (Lipinski definition) is 4. The van der Waals surface area contributed by atoms with Gasteiger partial charge in [-0.2, -0.15) is 10.6 Å². The van der Waals surface area contributed by atoms with E-state index in [0.29, 0.717) is 16.9 Å². The number of rotatable bonds is 3. The molecule has 0 spiro atoms. The van der Waals surface area contributed by atoms with Crippen molar-refractivity contribution in [2.24, 2.45) is 0 Å². The van der Waals surface area contributed by atoms with Crippen LogP contribution in [0, 0.1) is 0 Å². The molecular weight excluding hydrogens is 320 g/mol. The van der Waals surface area contributed by atoms with Crippen LogP contribution in [0.15, 0.2) is 58.3 Å². The molecule has 0 aromatic heterocycles. The van der Waals surface area contributed by atoms with Crippen LogP contribution in [0.1, 0.15) is 23.3 Å². The van der Waals surface area contributed by atoms with Crippen LogP contribution in [0.4, 0.5) is 0 Å². The van der Waals surface area contributed by atoms with Crippen LogP contribution in [-0.2, 0) is 16.3 Å². The molecule has 4 nitrogen and oxygen atoms in total. The van der Waals surface area contributed by atoms with Crippen LogP contribution in [0.5, 0.6) is 0 Å².